The molecule has 9 heavy (non-hydrogen) atoms. The zero-order valence-corrected chi connectivity index (χ0v) is 5.65. The smallest absolute Gasteiger partial charge is 0.0167 e. The Kier molecular flexibility index (Phi) is 3.82. The van der Waals surface area contributed by atoms with Crippen molar-refractivity contribution in [3.8, 4) is 0 Å². The molecule has 0 amide bonds. The average molecular weight is 130 g/mol. The standard InChI is InChI=1S/C6H14N2.CH4/c1-6-5-8(2)4-3-7-6;/h6-7H,3-5H2,1-2H3;1H4. The van der Waals surface area contributed by atoms with Crippen molar-refractivity contribution in [1.29, 1.82) is 0 Å². The molecule has 0 aromatic heterocycles. The van der Waals surface area contributed by atoms with Gasteiger partial charge in [-0.2, -0.15) is 0 Å². The molecule has 2 heteroatoms. The third-order valence-corrected chi connectivity index (χ3v) is 1.57. The van der Waals surface area contributed by atoms with Crippen molar-refractivity contribution in [3.05, 3.63) is 0 Å². The van der Waals surface area contributed by atoms with E-state index in [9.17, 15) is 0 Å². The van der Waals surface area contributed by atoms with Crippen LogP contribution in [0.3, 0.4) is 0 Å². The summed E-state index contributed by atoms with van der Waals surface area (Å²) >= 11 is 0. The van der Waals surface area contributed by atoms with Crippen LogP contribution in [0.25, 0.3) is 0 Å². The van der Waals surface area contributed by atoms with Crippen LogP contribution in [0.5, 0.6) is 0 Å². The SMILES string of the molecule is C.CC1CN(C)CCN1. The fourth-order valence-electron chi connectivity index (χ4n) is 1.13. The minimum atomic E-state index is 0. The molecule has 0 aromatic carbocycles. The quantitative estimate of drug-likeness (QED) is 0.515. The van der Waals surface area contributed by atoms with E-state index in [4.69, 9.17) is 0 Å². The minimum Gasteiger partial charge on any atom is -0.312 e. The van der Waals surface area contributed by atoms with Gasteiger partial charge in [0.1, 0.15) is 0 Å². The van der Waals surface area contributed by atoms with Crippen molar-refractivity contribution in [2.45, 2.75) is 20.4 Å². The van der Waals surface area contributed by atoms with E-state index < -0.39 is 0 Å². The normalized spacial score (nSPS) is 29.3. The molecule has 1 N–H and O–H groups in total. The van der Waals surface area contributed by atoms with Crippen molar-refractivity contribution in [2.75, 3.05) is 26.7 Å². The fourth-order valence-corrected chi connectivity index (χ4v) is 1.13. The third kappa shape index (κ3) is 2.82. The Labute approximate surface area is 58.2 Å². The lowest BCUT2D eigenvalue weighted by atomic mass is 10.2. The molecule has 0 aromatic rings. The summed E-state index contributed by atoms with van der Waals surface area (Å²) in [6.07, 6.45) is 0. The van der Waals surface area contributed by atoms with Crippen LogP contribution in [0, 0.1) is 0 Å². The zero-order valence-electron chi connectivity index (χ0n) is 5.65. The molecule has 1 rings (SSSR count). The monoisotopic (exact) mass is 130 g/mol. The average Bonchev–Trinajstić information content (AvgIpc) is 1.64. The topological polar surface area (TPSA) is 15.3 Å². The van der Waals surface area contributed by atoms with E-state index in [1.807, 2.05) is 0 Å². The molecular weight excluding hydrogens is 112 g/mol. The number of rotatable bonds is 0. The summed E-state index contributed by atoms with van der Waals surface area (Å²) in [6.45, 7) is 5.76. The van der Waals surface area contributed by atoms with Crippen molar-refractivity contribution in [1.82, 2.24) is 10.2 Å². The van der Waals surface area contributed by atoms with E-state index in [-0.39, 0.29) is 7.43 Å². The Hall–Kier alpha value is -0.0800. The number of likely N-dealkylation sites (N-methyl/N-ethyl adjacent to an activating group) is 1. The molecule has 0 aliphatic carbocycles. The van der Waals surface area contributed by atoms with Gasteiger partial charge in [-0.15, -0.1) is 0 Å². The van der Waals surface area contributed by atoms with Crippen LogP contribution in [0.15, 0.2) is 0 Å². The van der Waals surface area contributed by atoms with Gasteiger partial charge in [0.25, 0.3) is 0 Å². The molecule has 0 bridgehead atoms. The number of piperazine rings is 1. The van der Waals surface area contributed by atoms with Gasteiger partial charge in [-0.05, 0) is 14.0 Å². The maximum atomic E-state index is 3.37. The van der Waals surface area contributed by atoms with Gasteiger partial charge in [0.05, 0.1) is 0 Å². The van der Waals surface area contributed by atoms with E-state index >= 15 is 0 Å². The zero-order chi connectivity index (χ0) is 5.98. The van der Waals surface area contributed by atoms with Crippen LogP contribution >= 0.6 is 0 Å². The third-order valence-electron chi connectivity index (χ3n) is 1.57. The second kappa shape index (κ2) is 3.85. The number of nitrogens with one attached hydrogen (secondary N) is 1. The molecular formula is C7H18N2. The molecule has 1 saturated heterocycles. The maximum Gasteiger partial charge on any atom is 0.0167 e. The number of nitrogens with zero attached hydrogens (tertiary/aromatic N) is 1. The van der Waals surface area contributed by atoms with Crippen LogP contribution in [0.1, 0.15) is 14.4 Å². The second-order valence-electron chi connectivity index (χ2n) is 2.62. The lowest BCUT2D eigenvalue weighted by molar-refractivity contribution is 0.248. The van der Waals surface area contributed by atoms with E-state index in [1.165, 1.54) is 13.1 Å². The van der Waals surface area contributed by atoms with Crippen molar-refractivity contribution < 1.29 is 0 Å². The van der Waals surface area contributed by atoms with Gasteiger partial charge >= 0.3 is 0 Å². The highest BCUT2D eigenvalue weighted by molar-refractivity contribution is 4.71. The summed E-state index contributed by atoms with van der Waals surface area (Å²) in [6, 6.07) is 0.689. The van der Waals surface area contributed by atoms with Crippen molar-refractivity contribution in [2.24, 2.45) is 0 Å². The number of hydrogen-bond donors (Lipinski definition) is 1. The Morgan fingerprint density at radius 1 is 1.56 bits per heavy atom. The molecule has 1 heterocycles. The van der Waals surface area contributed by atoms with Gasteiger partial charge in [-0.1, -0.05) is 7.43 Å². The predicted octanol–water partition coefficient (Wildman–Crippen LogP) is 0.546. The van der Waals surface area contributed by atoms with Gasteiger partial charge in [0.2, 0.25) is 0 Å². The molecule has 1 unspecified atom stereocenters. The first-order chi connectivity index (χ1) is 3.79. The largest absolute Gasteiger partial charge is 0.312 e. The van der Waals surface area contributed by atoms with Crippen LogP contribution < -0.4 is 5.32 Å². The Morgan fingerprint density at radius 3 is 2.56 bits per heavy atom. The first kappa shape index (κ1) is 8.92. The number of hydrogen-bond acceptors (Lipinski definition) is 2. The summed E-state index contributed by atoms with van der Waals surface area (Å²) in [5, 5.41) is 3.37. The molecule has 0 saturated carbocycles. The van der Waals surface area contributed by atoms with E-state index in [2.05, 4.69) is 24.2 Å². The maximum absolute atomic E-state index is 3.37. The highest BCUT2D eigenvalue weighted by atomic mass is 15.2. The first-order valence-electron chi connectivity index (χ1n) is 3.21. The lowest BCUT2D eigenvalue weighted by Gasteiger charge is -2.28. The molecule has 1 aliphatic heterocycles. The van der Waals surface area contributed by atoms with Gasteiger partial charge in [-0.3, -0.25) is 0 Å². The molecule has 56 valence electrons. The Bertz CT molecular complexity index is 65.3. The van der Waals surface area contributed by atoms with Gasteiger partial charge < -0.3 is 10.2 Å². The molecule has 2 nitrogen and oxygen atoms in total. The summed E-state index contributed by atoms with van der Waals surface area (Å²) in [4.78, 5) is 2.35. The highest BCUT2D eigenvalue weighted by Crippen LogP contribution is 1.92. The fraction of sp³-hybridized carbons (Fsp3) is 1.00. The Balaban J connectivity index is 0.000000640. The minimum absolute atomic E-state index is 0. The first-order valence-corrected chi connectivity index (χ1v) is 3.21. The van der Waals surface area contributed by atoms with Gasteiger partial charge in [0.15, 0.2) is 0 Å². The lowest BCUT2D eigenvalue weighted by Crippen LogP contribution is -2.47. The van der Waals surface area contributed by atoms with E-state index in [0.29, 0.717) is 6.04 Å². The Morgan fingerprint density at radius 2 is 2.22 bits per heavy atom. The van der Waals surface area contributed by atoms with Crippen LogP contribution in [-0.4, -0.2) is 37.6 Å². The van der Waals surface area contributed by atoms with Crippen LogP contribution in [0.4, 0.5) is 0 Å². The summed E-state index contributed by atoms with van der Waals surface area (Å²) < 4.78 is 0. The van der Waals surface area contributed by atoms with Gasteiger partial charge in [-0.25, -0.2) is 0 Å². The van der Waals surface area contributed by atoms with Gasteiger partial charge in [0, 0.05) is 25.7 Å². The van der Waals surface area contributed by atoms with Crippen molar-refractivity contribution in [3.63, 3.8) is 0 Å². The highest BCUT2D eigenvalue weighted by Gasteiger charge is 2.09. The summed E-state index contributed by atoms with van der Waals surface area (Å²) in [5.41, 5.74) is 0. The summed E-state index contributed by atoms with van der Waals surface area (Å²) in [7, 11) is 2.16. The van der Waals surface area contributed by atoms with Crippen molar-refractivity contribution >= 4 is 0 Å². The predicted molar refractivity (Wildman–Crippen MR) is 41.7 cm³/mol. The molecule has 1 fully saturated rings. The van der Waals surface area contributed by atoms with Crippen LogP contribution in [-0.2, 0) is 0 Å². The van der Waals surface area contributed by atoms with E-state index in [1.54, 1.807) is 0 Å². The molecule has 0 spiro atoms. The molecule has 1 atom stereocenters. The van der Waals surface area contributed by atoms with Crippen LogP contribution in [0.2, 0.25) is 0 Å². The van der Waals surface area contributed by atoms with E-state index in [0.717, 1.165) is 6.54 Å². The molecule has 1 aliphatic rings. The molecule has 0 radical (unpaired) electrons. The summed E-state index contributed by atoms with van der Waals surface area (Å²) in [5.74, 6) is 0. The second-order valence-corrected chi connectivity index (χ2v) is 2.62.